The molecular weight excluding hydrogens is 596 g/mol. The third-order valence-electron chi connectivity index (χ3n) is 9.39. The second-order valence-corrected chi connectivity index (χ2v) is 14.3. The lowest BCUT2D eigenvalue weighted by atomic mass is 9.88. The van der Waals surface area contributed by atoms with Gasteiger partial charge in [-0.05, 0) is 37.5 Å². The summed E-state index contributed by atoms with van der Waals surface area (Å²) < 4.78 is 10.6. The highest BCUT2D eigenvalue weighted by Gasteiger charge is 2.39. The number of ketones is 1. The van der Waals surface area contributed by atoms with Crippen molar-refractivity contribution in [1.29, 1.82) is 0 Å². The molecule has 3 N–H and O–H groups in total. The van der Waals surface area contributed by atoms with Gasteiger partial charge in [0.15, 0.2) is 6.10 Å². The Bertz CT molecular complexity index is 841. The summed E-state index contributed by atoms with van der Waals surface area (Å²) in [5.74, 6) is -0.386. The minimum atomic E-state index is -0.853. The Morgan fingerprint density at radius 1 is 0.809 bits per heavy atom. The molecule has 0 aliphatic heterocycles. The van der Waals surface area contributed by atoms with Crippen molar-refractivity contribution in [3.8, 4) is 0 Å². The van der Waals surface area contributed by atoms with Crippen molar-refractivity contribution in [3.63, 3.8) is 0 Å². The average Bonchev–Trinajstić information content (AvgIpc) is 3.31. The standard InChI is InChI=1S/C39H70O8/c1-4-5-16-22-32(41)26-27-35-34(36(42)28-37(35)43)23-18-14-15-20-25-39(45)47-33(29-40)30-46-38(44)24-19-13-11-9-7-6-8-10-12-17-21-31(2)3/h26-27,31-36,40-42H,4-25,28-30H2,1-3H3/b27-26+/t32-,33-,34+,35+,36-/m0/s1. The molecule has 1 fully saturated rings. The lowest BCUT2D eigenvalue weighted by Gasteiger charge is -2.19. The number of aliphatic hydroxyl groups excluding tert-OH is 3. The first-order valence-electron chi connectivity index (χ1n) is 19.2. The van der Waals surface area contributed by atoms with Crippen molar-refractivity contribution in [1.82, 2.24) is 0 Å². The highest BCUT2D eigenvalue weighted by atomic mass is 16.6. The molecule has 1 aliphatic rings. The van der Waals surface area contributed by atoms with E-state index in [2.05, 4.69) is 20.8 Å². The molecule has 1 aliphatic carbocycles. The largest absolute Gasteiger partial charge is 0.462 e. The molecule has 0 spiro atoms. The third kappa shape index (κ3) is 22.5. The van der Waals surface area contributed by atoms with E-state index in [4.69, 9.17) is 9.47 Å². The predicted octanol–water partition coefficient (Wildman–Crippen LogP) is 8.18. The van der Waals surface area contributed by atoms with Crippen molar-refractivity contribution in [2.24, 2.45) is 17.8 Å². The van der Waals surface area contributed by atoms with Crippen LogP contribution in [0, 0.1) is 17.8 Å². The Morgan fingerprint density at radius 2 is 1.36 bits per heavy atom. The van der Waals surface area contributed by atoms with Crippen LogP contribution >= 0.6 is 0 Å². The maximum atomic E-state index is 12.4. The minimum absolute atomic E-state index is 0.0329. The molecule has 0 aromatic rings. The highest BCUT2D eigenvalue weighted by molar-refractivity contribution is 5.86. The van der Waals surface area contributed by atoms with Gasteiger partial charge in [0, 0.05) is 25.2 Å². The van der Waals surface area contributed by atoms with E-state index >= 15 is 0 Å². The maximum Gasteiger partial charge on any atom is 0.306 e. The number of aliphatic hydroxyl groups is 3. The molecule has 1 rings (SSSR count). The van der Waals surface area contributed by atoms with Crippen LogP contribution in [0.4, 0.5) is 0 Å². The van der Waals surface area contributed by atoms with Crippen molar-refractivity contribution < 1.29 is 39.2 Å². The number of allylic oxidation sites excluding steroid dienone is 1. The van der Waals surface area contributed by atoms with E-state index in [-0.39, 0.29) is 43.0 Å². The Labute approximate surface area is 286 Å². The smallest absolute Gasteiger partial charge is 0.306 e. The van der Waals surface area contributed by atoms with Crippen molar-refractivity contribution in [2.45, 2.75) is 187 Å². The monoisotopic (exact) mass is 667 g/mol. The van der Waals surface area contributed by atoms with E-state index < -0.39 is 30.9 Å². The molecular formula is C39H70O8. The first-order valence-corrected chi connectivity index (χ1v) is 19.2. The molecule has 8 heteroatoms. The first kappa shape index (κ1) is 43.3. The number of hydrogen-bond donors (Lipinski definition) is 3. The van der Waals surface area contributed by atoms with Gasteiger partial charge in [-0.3, -0.25) is 14.4 Å². The third-order valence-corrected chi connectivity index (χ3v) is 9.39. The van der Waals surface area contributed by atoms with Gasteiger partial charge >= 0.3 is 11.9 Å². The molecule has 0 radical (unpaired) electrons. The summed E-state index contributed by atoms with van der Waals surface area (Å²) >= 11 is 0. The second-order valence-electron chi connectivity index (χ2n) is 14.3. The predicted molar refractivity (Wildman–Crippen MR) is 188 cm³/mol. The van der Waals surface area contributed by atoms with Crippen molar-refractivity contribution in [2.75, 3.05) is 13.2 Å². The van der Waals surface area contributed by atoms with E-state index in [1.54, 1.807) is 12.2 Å². The molecule has 0 saturated heterocycles. The van der Waals surface area contributed by atoms with E-state index in [1.807, 2.05) is 0 Å². The van der Waals surface area contributed by atoms with Crippen LogP contribution < -0.4 is 0 Å². The van der Waals surface area contributed by atoms with Crippen LogP contribution in [-0.2, 0) is 23.9 Å². The fourth-order valence-corrected chi connectivity index (χ4v) is 6.41. The SMILES string of the molecule is CCCCC[C@H](O)/C=C/[C@H]1C(=O)C[C@H](O)[C@@H]1CCCCCCC(=O)O[C@@H](CO)COC(=O)CCCCCCCCCCCCC(C)C. The van der Waals surface area contributed by atoms with Crippen LogP contribution in [-0.4, -0.2) is 64.6 Å². The van der Waals surface area contributed by atoms with Crippen LogP contribution in [0.1, 0.15) is 168 Å². The summed E-state index contributed by atoms with van der Waals surface area (Å²) in [5, 5.41) is 30.2. The number of esters is 2. The zero-order valence-corrected chi connectivity index (χ0v) is 30.2. The van der Waals surface area contributed by atoms with Gasteiger partial charge in [0.2, 0.25) is 0 Å². The number of rotatable bonds is 30. The van der Waals surface area contributed by atoms with Crippen LogP contribution in [0.5, 0.6) is 0 Å². The Hall–Kier alpha value is -1.77. The van der Waals surface area contributed by atoms with Gasteiger partial charge in [0.05, 0.1) is 18.8 Å². The topological polar surface area (TPSA) is 130 Å². The number of carbonyl (C=O) groups is 3. The summed E-state index contributed by atoms with van der Waals surface area (Å²) in [6.07, 6.45) is 23.2. The van der Waals surface area contributed by atoms with Crippen LogP contribution in [0.15, 0.2) is 12.2 Å². The fourth-order valence-electron chi connectivity index (χ4n) is 6.41. The highest BCUT2D eigenvalue weighted by Crippen LogP contribution is 2.34. The van der Waals surface area contributed by atoms with Crippen LogP contribution in [0.25, 0.3) is 0 Å². The zero-order valence-electron chi connectivity index (χ0n) is 30.2. The number of Topliss-reactive ketones (excluding diaryl/α,β-unsaturated/α-hetero) is 1. The van der Waals surface area contributed by atoms with Crippen molar-refractivity contribution in [3.05, 3.63) is 12.2 Å². The zero-order chi connectivity index (χ0) is 34.7. The number of unbranched alkanes of at least 4 members (excludes halogenated alkanes) is 14. The molecule has 5 atom stereocenters. The van der Waals surface area contributed by atoms with Gasteiger partial charge in [-0.2, -0.15) is 0 Å². The molecule has 1 saturated carbocycles. The van der Waals surface area contributed by atoms with Gasteiger partial charge in [-0.15, -0.1) is 0 Å². The fraction of sp³-hybridized carbons (Fsp3) is 0.872. The second kappa shape index (κ2) is 28.1. The molecule has 47 heavy (non-hydrogen) atoms. The van der Waals surface area contributed by atoms with Gasteiger partial charge in [0.1, 0.15) is 12.4 Å². The summed E-state index contributed by atoms with van der Waals surface area (Å²) in [5.41, 5.74) is 0. The Balaban J connectivity index is 2.11. The molecule has 0 heterocycles. The molecule has 0 aromatic heterocycles. The minimum Gasteiger partial charge on any atom is -0.462 e. The Kier molecular flexibility index (Phi) is 25.9. The van der Waals surface area contributed by atoms with E-state index in [0.717, 1.165) is 70.1 Å². The molecule has 8 nitrogen and oxygen atoms in total. The quantitative estimate of drug-likeness (QED) is 0.0398. The summed E-state index contributed by atoms with van der Waals surface area (Å²) in [7, 11) is 0. The normalized spacial score (nSPS) is 19.5. The van der Waals surface area contributed by atoms with Crippen LogP contribution in [0.2, 0.25) is 0 Å². The maximum absolute atomic E-state index is 12.4. The molecule has 0 bridgehead atoms. The van der Waals surface area contributed by atoms with Gasteiger partial charge in [0.25, 0.3) is 0 Å². The lowest BCUT2D eigenvalue weighted by molar-refractivity contribution is -0.161. The first-order chi connectivity index (χ1) is 22.7. The van der Waals surface area contributed by atoms with E-state index in [0.29, 0.717) is 19.3 Å². The van der Waals surface area contributed by atoms with Crippen LogP contribution in [0.3, 0.4) is 0 Å². The summed E-state index contributed by atoms with van der Waals surface area (Å²) in [6, 6.07) is 0. The van der Waals surface area contributed by atoms with E-state index in [9.17, 15) is 29.7 Å². The molecule has 0 unspecified atom stereocenters. The number of hydrogen-bond acceptors (Lipinski definition) is 8. The number of ether oxygens (including phenoxy) is 2. The summed E-state index contributed by atoms with van der Waals surface area (Å²) in [4.78, 5) is 36.8. The van der Waals surface area contributed by atoms with E-state index in [1.165, 1.54) is 51.4 Å². The Morgan fingerprint density at radius 3 is 1.96 bits per heavy atom. The average molecular weight is 667 g/mol. The van der Waals surface area contributed by atoms with Crippen molar-refractivity contribution >= 4 is 17.7 Å². The lowest BCUT2D eigenvalue weighted by Crippen LogP contribution is -2.28. The van der Waals surface area contributed by atoms with Gasteiger partial charge in [-0.1, -0.05) is 136 Å². The number of carbonyl (C=O) groups excluding carboxylic acids is 3. The van der Waals surface area contributed by atoms with Gasteiger partial charge in [-0.25, -0.2) is 0 Å². The molecule has 0 amide bonds. The molecule has 0 aromatic carbocycles. The van der Waals surface area contributed by atoms with Gasteiger partial charge < -0.3 is 24.8 Å². The molecule has 274 valence electrons. The summed E-state index contributed by atoms with van der Waals surface area (Å²) in [6.45, 7) is 6.15.